The highest BCUT2D eigenvalue weighted by molar-refractivity contribution is 7.90. The average molecular weight is 423 g/mol. The first-order valence-corrected chi connectivity index (χ1v) is 10.6. The molecule has 0 saturated heterocycles. The zero-order chi connectivity index (χ0) is 21.7. The molecule has 0 unspecified atom stereocenters. The third kappa shape index (κ3) is 5.45. The van der Waals surface area contributed by atoms with Crippen LogP contribution in [0.25, 0.3) is 0 Å². The summed E-state index contributed by atoms with van der Waals surface area (Å²) in [4.78, 5) is 24.3. The average Bonchev–Trinajstić information content (AvgIpc) is 2.68. The van der Waals surface area contributed by atoms with Crippen molar-refractivity contribution >= 4 is 33.3 Å². The molecule has 0 bridgehead atoms. The van der Waals surface area contributed by atoms with Crippen LogP contribution in [0.3, 0.4) is 0 Å². The summed E-state index contributed by atoms with van der Waals surface area (Å²) in [5, 5.41) is 5.33. The van der Waals surface area contributed by atoms with Gasteiger partial charge >= 0.3 is 6.03 Å². The molecule has 3 aromatic rings. The highest BCUT2D eigenvalue weighted by Crippen LogP contribution is 2.16. The standard InChI is InChI=1S/C22H21N3O4S/c1-15-5-3-7-17(13-15)21(26)25-30(28,29)20-11-9-18(10-12-20)23-22(27)24-19-8-4-6-16(2)14-19/h3-14H,1-2H3,(H,25,26)(H2,23,24,27). The van der Waals surface area contributed by atoms with E-state index < -0.39 is 22.0 Å². The van der Waals surface area contributed by atoms with Crippen LogP contribution >= 0.6 is 0 Å². The lowest BCUT2D eigenvalue weighted by Crippen LogP contribution is -2.30. The molecule has 0 fully saturated rings. The van der Waals surface area contributed by atoms with Crippen molar-refractivity contribution < 1.29 is 18.0 Å². The Bertz CT molecular complexity index is 1190. The van der Waals surface area contributed by atoms with Crippen LogP contribution in [0.5, 0.6) is 0 Å². The molecule has 3 amide bonds. The van der Waals surface area contributed by atoms with E-state index in [1.807, 2.05) is 42.8 Å². The number of anilines is 2. The van der Waals surface area contributed by atoms with Crippen LogP contribution in [0.4, 0.5) is 16.2 Å². The number of benzene rings is 3. The zero-order valence-electron chi connectivity index (χ0n) is 16.5. The first-order chi connectivity index (χ1) is 14.2. The molecule has 3 N–H and O–H groups in total. The van der Waals surface area contributed by atoms with E-state index in [2.05, 4.69) is 10.6 Å². The van der Waals surface area contributed by atoms with Crippen molar-refractivity contribution in [3.05, 3.63) is 89.5 Å². The van der Waals surface area contributed by atoms with Gasteiger partial charge in [0.05, 0.1) is 4.90 Å². The van der Waals surface area contributed by atoms with Crippen LogP contribution in [0.2, 0.25) is 0 Å². The molecule has 0 radical (unpaired) electrons. The number of rotatable bonds is 5. The van der Waals surface area contributed by atoms with E-state index in [0.29, 0.717) is 11.4 Å². The molecular weight excluding hydrogens is 402 g/mol. The summed E-state index contributed by atoms with van der Waals surface area (Å²) in [7, 11) is -4.05. The summed E-state index contributed by atoms with van der Waals surface area (Å²) in [6.07, 6.45) is 0. The third-order valence-corrected chi connectivity index (χ3v) is 5.55. The van der Waals surface area contributed by atoms with E-state index in [0.717, 1.165) is 11.1 Å². The summed E-state index contributed by atoms with van der Waals surface area (Å²) >= 11 is 0. The van der Waals surface area contributed by atoms with Crippen LogP contribution in [-0.4, -0.2) is 20.4 Å². The Morgan fingerprint density at radius 3 is 1.97 bits per heavy atom. The predicted octanol–water partition coefficient (Wildman–Crippen LogP) is 4.07. The molecule has 0 aliphatic heterocycles. The fraction of sp³-hybridized carbons (Fsp3) is 0.0909. The Balaban J connectivity index is 1.65. The van der Waals surface area contributed by atoms with Crippen molar-refractivity contribution in [3.8, 4) is 0 Å². The minimum absolute atomic E-state index is 0.0897. The van der Waals surface area contributed by atoms with Crippen LogP contribution in [0.1, 0.15) is 21.5 Å². The summed E-state index contributed by atoms with van der Waals surface area (Å²) in [5.74, 6) is -0.710. The van der Waals surface area contributed by atoms with Crippen LogP contribution in [0, 0.1) is 13.8 Å². The first-order valence-electron chi connectivity index (χ1n) is 9.11. The smallest absolute Gasteiger partial charge is 0.308 e. The van der Waals surface area contributed by atoms with Crippen molar-refractivity contribution in [2.45, 2.75) is 18.7 Å². The Morgan fingerprint density at radius 1 is 0.733 bits per heavy atom. The number of amides is 3. The van der Waals surface area contributed by atoms with Crippen molar-refractivity contribution in [2.24, 2.45) is 0 Å². The molecular formula is C22H21N3O4S. The fourth-order valence-electron chi connectivity index (χ4n) is 2.76. The summed E-state index contributed by atoms with van der Waals surface area (Å²) < 4.78 is 27.0. The predicted molar refractivity (Wildman–Crippen MR) is 116 cm³/mol. The van der Waals surface area contributed by atoms with Gasteiger partial charge in [-0.25, -0.2) is 17.9 Å². The number of hydrogen-bond donors (Lipinski definition) is 3. The lowest BCUT2D eigenvalue weighted by atomic mass is 10.1. The maximum atomic E-state index is 12.5. The largest absolute Gasteiger partial charge is 0.323 e. The maximum absolute atomic E-state index is 12.5. The quantitative estimate of drug-likeness (QED) is 0.575. The van der Waals surface area contributed by atoms with Gasteiger partial charge in [-0.2, -0.15) is 0 Å². The van der Waals surface area contributed by atoms with Crippen LogP contribution in [0.15, 0.2) is 77.7 Å². The molecule has 3 aromatic carbocycles. The van der Waals surface area contributed by atoms with Crippen molar-refractivity contribution in [3.63, 3.8) is 0 Å². The monoisotopic (exact) mass is 423 g/mol. The Kier molecular flexibility index (Phi) is 6.17. The van der Waals surface area contributed by atoms with Gasteiger partial charge in [-0.05, 0) is 67.9 Å². The molecule has 0 aliphatic rings. The van der Waals surface area contributed by atoms with E-state index in [9.17, 15) is 18.0 Å². The van der Waals surface area contributed by atoms with Gasteiger partial charge in [-0.15, -0.1) is 0 Å². The number of aryl methyl sites for hydroxylation is 2. The lowest BCUT2D eigenvalue weighted by Gasteiger charge is -2.10. The summed E-state index contributed by atoms with van der Waals surface area (Å²) in [6, 6.07) is 19.0. The normalized spacial score (nSPS) is 10.9. The number of carbonyl (C=O) groups excluding carboxylic acids is 2. The molecule has 0 aliphatic carbocycles. The minimum Gasteiger partial charge on any atom is -0.308 e. The summed E-state index contributed by atoms with van der Waals surface area (Å²) in [6.45, 7) is 3.73. The molecule has 154 valence electrons. The maximum Gasteiger partial charge on any atom is 0.323 e. The number of hydrogen-bond acceptors (Lipinski definition) is 4. The molecule has 0 aromatic heterocycles. The number of sulfonamides is 1. The number of nitrogens with one attached hydrogen (secondary N) is 3. The molecule has 8 heteroatoms. The highest BCUT2D eigenvalue weighted by Gasteiger charge is 2.19. The van der Waals surface area contributed by atoms with Gasteiger partial charge in [0, 0.05) is 16.9 Å². The first kappa shape index (κ1) is 21.1. The second-order valence-corrected chi connectivity index (χ2v) is 8.46. The topological polar surface area (TPSA) is 104 Å². The van der Waals surface area contributed by atoms with E-state index in [4.69, 9.17) is 0 Å². The molecule has 0 atom stereocenters. The second-order valence-electron chi connectivity index (χ2n) is 6.78. The van der Waals surface area contributed by atoms with Gasteiger partial charge in [0.15, 0.2) is 0 Å². The Labute approximate surface area is 175 Å². The van der Waals surface area contributed by atoms with Crippen molar-refractivity contribution in [1.82, 2.24) is 4.72 Å². The Hall–Kier alpha value is -3.65. The molecule has 3 rings (SSSR count). The van der Waals surface area contributed by atoms with Gasteiger partial charge < -0.3 is 10.6 Å². The van der Waals surface area contributed by atoms with E-state index >= 15 is 0 Å². The van der Waals surface area contributed by atoms with Gasteiger partial charge in [0.25, 0.3) is 15.9 Å². The van der Waals surface area contributed by atoms with Gasteiger partial charge in [-0.3, -0.25) is 4.79 Å². The molecule has 7 nitrogen and oxygen atoms in total. The molecule has 30 heavy (non-hydrogen) atoms. The van der Waals surface area contributed by atoms with E-state index in [-0.39, 0.29) is 10.5 Å². The van der Waals surface area contributed by atoms with Crippen molar-refractivity contribution in [2.75, 3.05) is 10.6 Å². The SMILES string of the molecule is Cc1cccc(NC(=O)Nc2ccc(S(=O)(=O)NC(=O)c3cccc(C)c3)cc2)c1. The summed E-state index contributed by atoms with van der Waals surface area (Å²) in [5.41, 5.74) is 3.16. The van der Waals surface area contributed by atoms with Gasteiger partial charge in [-0.1, -0.05) is 29.8 Å². The zero-order valence-corrected chi connectivity index (χ0v) is 17.3. The molecule has 0 saturated carbocycles. The van der Waals surface area contributed by atoms with Crippen LogP contribution in [-0.2, 0) is 10.0 Å². The number of urea groups is 1. The Morgan fingerprint density at radius 2 is 1.33 bits per heavy atom. The minimum atomic E-state index is -4.05. The molecule has 0 heterocycles. The van der Waals surface area contributed by atoms with Gasteiger partial charge in [0.2, 0.25) is 0 Å². The van der Waals surface area contributed by atoms with E-state index in [1.54, 1.807) is 18.2 Å². The number of carbonyl (C=O) groups is 2. The second kappa shape index (κ2) is 8.79. The van der Waals surface area contributed by atoms with Crippen LogP contribution < -0.4 is 15.4 Å². The fourth-order valence-corrected chi connectivity index (χ4v) is 3.73. The third-order valence-electron chi connectivity index (χ3n) is 4.21. The van der Waals surface area contributed by atoms with Crippen molar-refractivity contribution in [1.29, 1.82) is 0 Å². The van der Waals surface area contributed by atoms with E-state index in [1.165, 1.54) is 30.3 Å². The lowest BCUT2D eigenvalue weighted by molar-refractivity contribution is 0.0981. The highest BCUT2D eigenvalue weighted by atomic mass is 32.2. The van der Waals surface area contributed by atoms with Gasteiger partial charge in [0.1, 0.15) is 0 Å². The molecule has 0 spiro atoms.